The normalized spacial score (nSPS) is 18.6. The average molecular weight is 263 g/mol. The second-order valence-corrected chi connectivity index (χ2v) is 5.04. The summed E-state index contributed by atoms with van der Waals surface area (Å²) in [5, 5.41) is 2.90. The smallest absolute Gasteiger partial charge is 0.251 e. The molecular formula is C15H21NO3. The van der Waals surface area contributed by atoms with Crippen LogP contribution < -0.4 is 10.1 Å². The molecule has 4 heteroatoms. The molecule has 2 rings (SSSR count). The van der Waals surface area contributed by atoms with E-state index in [0.717, 1.165) is 25.2 Å². The lowest BCUT2D eigenvalue weighted by molar-refractivity contribution is 0.0857. The highest BCUT2D eigenvalue weighted by atomic mass is 16.5. The van der Waals surface area contributed by atoms with Crippen LogP contribution in [0.25, 0.3) is 0 Å². The first kappa shape index (κ1) is 13.9. The van der Waals surface area contributed by atoms with Crippen LogP contribution in [0.5, 0.6) is 5.75 Å². The first-order valence-corrected chi connectivity index (χ1v) is 6.81. The van der Waals surface area contributed by atoms with Gasteiger partial charge in [0.15, 0.2) is 0 Å². The summed E-state index contributed by atoms with van der Waals surface area (Å²) in [6.07, 6.45) is 2.37. The van der Waals surface area contributed by atoms with E-state index in [0.29, 0.717) is 12.1 Å². The number of hydrogen-bond donors (Lipinski definition) is 1. The van der Waals surface area contributed by atoms with Gasteiger partial charge in [-0.1, -0.05) is 6.07 Å². The summed E-state index contributed by atoms with van der Waals surface area (Å²) < 4.78 is 11.1. The van der Waals surface area contributed by atoms with Crippen molar-refractivity contribution in [3.05, 3.63) is 29.8 Å². The number of carbonyl (C=O) groups excluding carboxylic acids is 1. The molecule has 1 heterocycles. The molecule has 1 unspecified atom stereocenters. The monoisotopic (exact) mass is 263 g/mol. The van der Waals surface area contributed by atoms with Gasteiger partial charge in [0.2, 0.25) is 0 Å². The molecule has 1 N–H and O–H groups in total. The predicted molar refractivity (Wildman–Crippen MR) is 73.5 cm³/mol. The van der Waals surface area contributed by atoms with Crippen LogP contribution in [0.2, 0.25) is 0 Å². The molecule has 0 aromatic heterocycles. The molecule has 1 atom stereocenters. The van der Waals surface area contributed by atoms with Crippen LogP contribution in [0.3, 0.4) is 0 Å². The molecule has 1 saturated heterocycles. The van der Waals surface area contributed by atoms with E-state index in [2.05, 4.69) is 5.32 Å². The minimum Gasteiger partial charge on any atom is -0.491 e. The van der Waals surface area contributed by atoms with Crippen LogP contribution in [0.15, 0.2) is 24.3 Å². The van der Waals surface area contributed by atoms with Gasteiger partial charge in [-0.2, -0.15) is 0 Å². The lowest BCUT2D eigenvalue weighted by Crippen LogP contribution is -2.31. The standard InChI is InChI=1S/C15H21NO3/c1-11(2)19-13-6-3-5-12(9-13)15(17)16-10-14-7-4-8-18-14/h3,5-6,9,11,14H,4,7-8,10H2,1-2H3,(H,16,17). The quantitative estimate of drug-likeness (QED) is 0.887. The van der Waals surface area contributed by atoms with E-state index in [1.807, 2.05) is 26.0 Å². The van der Waals surface area contributed by atoms with E-state index < -0.39 is 0 Å². The molecule has 104 valence electrons. The van der Waals surface area contributed by atoms with Crippen LogP contribution in [0, 0.1) is 0 Å². The van der Waals surface area contributed by atoms with Crippen LogP contribution in [0.1, 0.15) is 37.0 Å². The molecule has 0 saturated carbocycles. The number of nitrogens with one attached hydrogen (secondary N) is 1. The maximum atomic E-state index is 12.0. The van der Waals surface area contributed by atoms with Crippen LogP contribution in [-0.4, -0.2) is 31.3 Å². The largest absolute Gasteiger partial charge is 0.491 e. The summed E-state index contributed by atoms with van der Waals surface area (Å²) >= 11 is 0. The molecule has 0 aliphatic carbocycles. The minimum atomic E-state index is -0.0790. The third kappa shape index (κ3) is 4.24. The van der Waals surface area contributed by atoms with Crippen LogP contribution in [-0.2, 0) is 4.74 Å². The van der Waals surface area contributed by atoms with Crippen molar-refractivity contribution >= 4 is 5.91 Å². The van der Waals surface area contributed by atoms with Crippen LogP contribution >= 0.6 is 0 Å². The fourth-order valence-electron chi connectivity index (χ4n) is 2.10. The van der Waals surface area contributed by atoms with Gasteiger partial charge in [-0.05, 0) is 44.9 Å². The van der Waals surface area contributed by atoms with E-state index in [1.54, 1.807) is 12.1 Å². The van der Waals surface area contributed by atoms with Crippen molar-refractivity contribution in [2.75, 3.05) is 13.2 Å². The molecule has 4 nitrogen and oxygen atoms in total. The predicted octanol–water partition coefficient (Wildman–Crippen LogP) is 2.38. The van der Waals surface area contributed by atoms with Gasteiger partial charge >= 0.3 is 0 Å². The molecule has 1 fully saturated rings. The highest BCUT2D eigenvalue weighted by Crippen LogP contribution is 2.15. The Hall–Kier alpha value is -1.55. The Kier molecular flexibility index (Phi) is 4.80. The van der Waals surface area contributed by atoms with Gasteiger partial charge in [0, 0.05) is 18.7 Å². The zero-order valence-electron chi connectivity index (χ0n) is 11.5. The molecule has 1 aromatic carbocycles. The fourth-order valence-corrected chi connectivity index (χ4v) is 2.10. The Morgan fingerprint density at radius 2 is 2.37 bits per heavy atom. The first-order chi connectivity index (χ1) is 9.15. The molecule has 0 radical (unpaired) electrons. The Bertz CT molecular complexity index is 425. The number of hydrogen-bond acceptors (Lipinski definition) is 3. The van der Waals surface area contributed by atoms with E-state index in [4.69, 9.17) is 9.47 Å². The lowest BCUT2D eigenvalue weighted by Gasteiger charge is -2.12. The Labute approximate surface area is 114 Å². The Morgan fingerprint density at radius 1 is 1.53 bits per heavy atom. The second-order valence-electron chi connectivity index (χ2n) is 5.04. The van der Waals surface area contributed by atoms with Crippen molar-refractivity contribution in [2.24, 2.45) is 0 Å². The molecule has 0 spiro atoms. The number of ether oxygens (including phenoxy) is 2. The van der Waals surface area contributed by atoms with Crippen LogP contribution in [0.4, 0.5) is 0 Å². The topological polar surface area (TPSA) is 47.6 Å². The van der Waals surface area contributed by atoms with Gasteiger partial charge in [-0.15, -0.1) is 0 Å². The van der Waals surface area contributed by atoms with Crippen molar-refractivity contribution in [3.63, 3.8) is 0 Å². The molecule has 19 heavy (non-hydrogen) atoms. The van der Waals surface area contributed by atoms with Gasteiger partial charge in [-0.25, -0.2) is 0 Å². The average Bonchev–Trinajstić information content (AvgIpc) is 2.88. The van der Waals surface area contributed by atoms with Crippen molar-refractivity contribution in [1.29, 1.82) is 0 Å². The van der Waals surface area contributed by atoms with Gasteiger partial charge in [-0.3, -0.25) is 4.79 Å². The lowest BCUT2D eigenvalue weighted by atomic mass is 10.2. The molecule has 1 aliphatic heterocycles. The van der Waals surface area contributed by atoms with Crippen molar-refractivity contribution in [1.82, 2.24) is 5.32 Å². The van der Waals surface area contributed by atoms with Gasteiger partial charge in [0.25, 0.3) is 5.91 Å². The highest BCUT2D eigenvalue weighted by molar-refractivity contribution is 5.94. The molecule has 1 aliphatic rings. The fraction of sp³-hybridized carbons (Fsp3) is 0.533. The summed E-state index contributed by atoms with van der Waals surface area (Å²) in [4.78, 5) is 12.0. The number of amides is 1. The van der Waals surface area contributed by atoms with Gasteiger partial charge in [0.1, 0.15) is 5.75 Å². The number of carbonyl (C=O) groups is 1. The minimum absolute atomic E-state index is 0.0790. The van der Waals surface area contributed by atoms with Crippen molar-refractivity contribution in [3.8, 4) is 5.75 Å². The Morgan fingerprint density at radius 3 is 3.05 bits per heavy atom. The summed E-state index contributed by atoms with van der Waals surface area (Å²) in [6.45, 7) is 5.31. The SMILES string of the molecule is CC(C)Oc1cccc(C(=O)NCC2CCCO2)c1. The summed E-state index contributed by atoms with van der Waals surface area (Å²) in [7, 11) is 0. The van der Waals surface area contributed by atoms with E-state index in [1.165, 1.54) is 0 Å². The molecule has 1 aromatic rings. The van der Waals surface area contributed by atoms with Gasteiger partial charge < -0.3 is 14.8 Å². The summed E-state index contributed by atoms with van der Waals surface area (Å²) in [5.74, 6) is 0.643. The summed E-state index contributed by atoms with van der Waals surface area (Å²) in [6, 6.07) is 7.25. The summed E-state index contributed by atoms with van der Waals surface area (Å²) in [5.41, 5.74) is 0.621. The zero-order valence-corrected chi connectivity index (χ0v) is 11.5. The maximum absolute atomic E-state index is 12.0. The maximum Gasteiger partial charge on any atom is 0.251 e. The Balaban J connectivity index is 1.90. The van der Waals surface area contributed by atoms with E-state index in [9.17, 15) is 4.79 Å². The highest BCUT2D eigenvalue weighted by Gasteiger charge is 2.16. The van der Waals surface area contributed by atoms with E-state index >= 15 is 0 Å². The molecular weight excluding hydrogens is 242 g/mol. The zero-order chi connectivity index (χ0) is 13.7. The second kappa shape index (κ2) is 6.57. The van der Waals surface area contributed by atoms with E-state index in [-0.39, 0.29) is 18.1 Å². The molecule has 0 bridgehead atoms. The van der Waals surface area contributed by atoms with Crippen molar-refractivity contribution < 1.29 is 14.3 Å². The number of benzene rings is 1. The van der Waals surface area contributed by atoms with Gasteiger partial charge in [0.05, 0.1) is 12.2 Å². The third-order valence-corrected chi connectivity index (χ3v) is 2.98. The number of rotatable bonds is 5. The van der Waals surface area contributed by atoms with Crippen molar-refractivity contribution in [2.45, 2.75) is 38.9 Å². The third-order valence-electron chi connectivity index (χ3n) is 2.98. The molecule has 1 amide bonds. The first-order valence-electron chi connectivity index (χ1n) is 6.81.